The molecule has 70 valence electrons. The number of benzene rings is 2. The van der Waals surface area contributed by atoms with Crippen LogP contribution in [0, 0.1) is 0 Å². The van der Waals surface area contributed by atoms with E-state index in [0.29, 0.717) is 0 Å². The molecular formula is C12H10O2. The van der Waals surface area contributed by atoms with Crippen molar-refractivity contribution in [3.05, 3.63) is 47.5 Å². The van der Waals surface area contributed by atoms with Gasteiger partial charge in [-0.1, -0.05) is 36.4 Å². The van der Waals surface area contributed by atoms with E-state index < -0.39 is 12.2 Å². The van der Waals surface area contributed by atoms with E-state index in [2.05, 4.69) is 0 Å². The van der Waals surface area contributed by atoms with E-state index in [1.165, 1.54) is 0 Å². The second-order valence-electron chi connectivity index (χ2n) is 3.68. The molecule has 2 nitrogen and oxygen atoms in total. The fourth-order valence-electron chi connectivity index (χ4n) is 2.23. The molecule has 0 fully saturated rings. The summed E-state index contributed by atoms with van der Waals surface area (Å²) >= 11 is 0. The highest BCUT2D eigenvalue weighted by molar-refractivity contribution is 5.91. The molecule has 14 heavy (non-hydrogen) atoms. The second-order valence-corrected chi connectivity index (χ2v) is 3.68. The zero-order chi connectivity index (χ0) is 9.71. The van der Waals surface area contributed by atoms with Gasteiger partial charge in [-0.05, 0) is 21.9 Å². The number of aliphatic hydroxyl groups is 2. The third kappa shape index (κ3) is 0.820. The van der Waals surface area contributed by atoms with Crippen molar-refractivity contribution >= 4 is 10.8 Å². The highest BCUT2D eigenvalue weighted by atomic mass is 16.3. The van der Waals surface area contributed by atoms with Crippen LogP contribution in [0.5, 0.6) is 0 Å². The SMILES string of the molecule is O[C@H]1c2cccc3cccc(c23)[C@@H]1O. The van der Waals surface area contributed by atoms with Crippen molar-refractivity contribution in [2.24, 2.45) is 0 Å². The van der Waals surface area contributed by atoms with Crippen LogP contribution >= 0.6 is 0 Å². The summed E-state index contributed by atoms with van der Waals surface area (Å²) in [6.45, 7) is 0. The third-order valence-corrected chi connectivity index (χ3v) is 2.91. The molecule has 2 N–H and O–H groups in total. The minimum Gasteiger partial charge on any atom is -0.385 e. The molecule has 0 aliphatic heterocycles. The van der Waals surface area contributed by atoms with Crippen LogP contribution < -0.4 is 0 Å². The van der Waals surface area contributed by atoms with Crippen LogP contribution in [0.4, 0.5) is 0 Å². The molecule has 0 radical (unpaired) electrons. The van der Waals surface area contributed by atoms with Gasteiger partial charge in [0.2, 0.25) is 0 Å². The standard InChI is InChI=1S/C12H10O2/c13-11-8-5-1-3-7-4-2-6-9(10(7)8)12(11)14/h1-6,11-14H/t11-,12-/m0/s1. The minimum absolute atomic E-state index is 0.767. The van der Waals surface area contributed by atoms with Gasteiger partial charge in [0.1, 0.15) is 12.2 Å². The van der Waals surface area contributed by atoms with E-state index >= 15 is 0 Å². The average molecular weight is 186 g/mol. The lowest BCUT2D eigenvalue weighted by Gasteiger charge is -2.08. The van der Waals surface area contributed by atoms with Crippen molar-refractivity contribution in [2.45, 2.75) is 12.2 Å². The highest BCUT2D eigenvalue weighted by Crippen LogP contribution is 2.43. The van der Waals surface area contributed by atoms with Gasteiger partial charge in [0, 0.05) is 0 Å². The van der Waals surface area contributed by atoms with E-state index in [4.69, 9.17) is 0 Å². The van der Waals surface area contributed by atoms with E-state index in [-0.39, 0.29) is 0 Å². The number of aliphatic hydroxyl groups excluding tert-OH is 2. The summed E-state index contributed by atoms with van der Waals surface area (Å²) in [5, 5.41) is 21.7. The molecule has 0 unspecified atom stereocenters. The lowest BCUT2D eigenvalue weighted by molar-refractivity contribution is 0.0253. The molecule has 0 saturated heterocycles. The molecule has 0 heterocycles. The van der Waals surface area contributed by atoms with Crippen molar-refractivity contribution < 1.29 is 10.2 Å². The highest BCUT2D eigenvalue weighted by Gasteiger charge is 2.30. The quantitative estimate of drug-likeness (QED) is 0.660. The van der Waals surface area contributed by atoms with Gasteiger partial charge in [0.05, 0.1) is 0 Å². The van der Waals surface area contributed by atoms with Crippen LogP contribution in [0.15, 0.2) is 36.4 Å². The van der Waals surface area contributed by atoms with Gasteiger partial charge in [-0.15, -0.1) is 0 Å². The summed E-state index contributed by atoms with van der Waals surface area (Å²) in [6, 6.07) is 11.5. The van der Waals surface area contributed by atoms with Crippen LogP contribution in [0.3, 0.4) is 0 Å². The van der Waals surface area contributed by atoms with E-state index in [0.717, 1.165) is 21.9 Å². The average Bonchev–Trinajstić information content (AvgIpc) is 2.47. The fourth-order valence-corrected chi connectivity index (χ4v) is 2.23. The molecular weight excluding hydrogens is 176 g/mol. The second kappa shape index (κ2) is 2.56. The summed E-state index contributed by atoms with van der Waals surface area (Å²) in [5.74, 6) is 0. The topological polar surface area (TPSA) is 40.5 Å². The first-order valence-corrected chi connectivity index (χ1v) is 4.67. The molecule has 1 aliphatic rings. The Morgan fingerprint density at radius 3 is 1.79 bits per heavy atom. The smallest absolute Gasteiger partial charge is 0.110 e. The van der Waals surface area contributed by atoms with Crippen LogP contribution in [-0.4, -0.2) is 10.2 Å². The van der Waals surface area contributed by atoms with Gasteiger partial charge in [-0.3, -0.25) is 0 Å². The summed E-state index contributed by atoms with van der Waals surface area (Å²) in [4.78, 5) is 0. The molecule has 2 atom stereocenters. The fraction of sp³-hybridized carbons (Fsp3) is 0.167. The maximum Gasteiger partial charge on any atom is 0.110 e. The van der Waals surface area contributed by atoms with Crippen molar-refractivity contribution in [3.8, 4) is 0 Å². The first-order chi connectivity index (χ1) is 6.79. The first-order valence-electron chi connectivity index (χ1n) is 4.67. The van der Waals surface area contributed by atoms with E-state index in [1.807, 2.05) is 36.4 Å². The minimum atomic E-state index is -0.768. The summed E-state index contributed by atoms with van der Waals surface area (Å²) in [6.07, 6.45) is -1.54. The lowest BCUT2D eigenvalue weighted by atomic mass is 10.1. The molecule has 2 aromatic carbocycles. The van der Waals surface area contributed by atoms with Gasteiger partial charge in [-0.25, -0.2) is 0 Å². The molecule has 0 aromatic heterocycles. The van der Waals surface area contributed by atoms with Gasteiger partial charge in [0.15, 0.2) is 0 Å². The Bertz CT molecular complexity index is 462. The summed E-state index contributed by atoms with van der Waals surface area (Å²) in [7, 11) is 0. The number of hydrogen-bond acceptors (Lipinski definition) is 2. The Balaban J connectivity index is 2.49. The lowest BCUT2D eigenvalue weighted by Crippen LogP contribution is -2.02. The maximum atomic E-state index is 9.78. The van der Waals surface area contributed by atoms with Crippen LogP contribution in [0.2, 0.25) is 0 Å². The normalized spacial score (nSPS) is 24.4. The van der Waals surface area contributed by atoms with Crippen LogP contribution in [0.25, 0.3) is 10.8 Å². The Morgan fingerprint density at radius 2 is 1.29 bits per heavy atom. The predicted molar refractivity (Wildman–Crippen MR) is 53.9 cm³/mol. The molecule has 0 saturated carbocycles. The molecule has 1 aliphatic carbocycles. The van der Waals surface area contributed by atoms with Crippen molar-refractivity contribution in [1.29, 1.82) is 0 Å². The molecule has 0 amide bonds. The summed E-state index contributed by atoms with van der Waals surface area (Å²) < 4.78 is 0. The zero-order valence-corrected chi connectivity index (χ0v) is 7.51. The summed E-state index contributed by atoms with van der Waals surface area (Å²) in [5.41, 5.74) is 1.68. The van der Waals surface area contributed by atoms with Gasteiger partial charge < -0.3 is 10.2 Å². The molecule has 2 aromatic rings. The van der Waals surface area contributed by atoms with Gasteiger partial charge >= 0.3 is 0 Å². The number of rotatable bonds is 0. The molecule has 0 bridgehead atoms. The Labute approximate surface area is 81.4 Å². The van der Waals surface area contributed by atoms with Crippen molar-refractivity contribution in [1.82, 2.24) is 0 Å². The Kier molecular flexibility index (Phi) is 1.46. The van der Waals surface area contributed by atoms with Crippen molar-refractivity contribution in [3.63, 3.8) is 0 Å². The molecule has 3 rings (SSSR count). The van der Waals surface area contributed by atoms with Crippen molar-refractivity contribution in [2.75, 3.05) is 0 Å². The maximum absolute atomic E-state index is 9.78. The first kappa shape index (κ1) is 7.97. The van der Waals surface area contributed by atoms with Crippen LogP contribution in [-0.2, 0) is 0 Å². The Morgan fingerprint density at radius 1 is 0.786 bits per heavy atom. The zero-order valence-electron chi connectivity index (χ0n) is 7.51. The largest absolute Gasteiger partial charge is 0.385 e. The van der Waals surface area contributed by atoms with E-state index in [9.17, 15) is 10.2 Å². The monoisotopic (exact) mass is 186 g/mol. The third-order valence-electron chi connectivity index (χ3n) is 2.91. The number of hydrogen-bond donors (Lipinski definition) is 2. The van der Waals surface area contributed by atoms with E-state index in [1.54, 1.807) is 0 Å². The predicted octanol–water partition coefficient (Wildman–Crippen LogP) is 1.92. The molecule has 0 spiro atoms. The van der Waals surface area contributed by atoms with Gasteiger partial charge in [0.25, 0.3) is 0 Å². The molecule has 2 heteroatoms. The Hall–Kier alpha value is -1.38. The van der Waals surface area contributed by atoms with Crippen LogP contribution in [0.1, 0.15) is 23.3 Å². The van der Waals surface area contributed by atoms with Gasteiger partial charge in [-0.2, -0.15) is 0 Å².